The van der Waals surface area contributed by atoms with E-state index in [4.69, 9.17) is 19.4 Å². The van der Waals surface area contributed by atoms with E-state index in [1.807, 2.05) is 24.3 Å². The van der Waals surface area contributed by atoms with E-state index in [1.54, 1.807) is 5.48 Å². The summed E-state index contributed by atoms with van der Waals surface area (Å²) >= 11 is 0. The molecule has 2 heterocycles. The first-order valence-electron chi connectivity index (χ1n) is 12.8. The Balaban J connectivity index is 1.29. The highest BCUT2D eigenvalue weighted by molar-refractivity contribution is 5.81. The average Bonchev–Trinajstić information content (AvgIpc) is 2.92. The highest BCUT2D eigenvalue weighted by Crippen LogP contribution is 2.31. The molecule has 2 fully saturated rings. The lowest BCUT2D eigenvalue weighted by Gasteiger charge is -2.34. The molecule has 2 aromatic rings. The van der Waals surface area contributed by atoms with Gasteiger partial charge in [-0.15, -0.1) is 0 Å². The third kappa shape index (κ3) is 7.78. The minimum absolute atomic E-state index is 0.181. The lowest BCUT2D eigenvalue weighted by Crippen LogP contribution is -2.47. The van der Waals surface area contributed by atoms with Gasteiger partial charge in [-0.2, -0.15) is 0 Å². The van der Waals surface area contributed by atoms with Crippen LogP contribution in [0.5, 0.6) is 5.75 Å². The van der Waals surface area contributed by atoms with Gasteiger partial charge < -0.3 is 19.1 Å². The van der Waals surface area contributed by atoms with Crippen molar-refractivity contribution in [2.24, 2.45) is 5.41 Å². The Morgan fingerprint density at radius 2 is 1.73 bits per heavy atom. The number of likely N-dealkylation sites (N-methyl/N-ethyl adjacent to an activating group) is 1. The molecule has 37 heavy (non-hydrogen) atoms. The number of nitrogens with zero attached hydrogens (tertiary/aromatic N) is 2. The number of benzene rings is 2. The van der Waals surface area contributed by atoms with Gasteiger partial charge in [-0.3, -0.25) is 14.9 Å². The molecule has 2 aromatic carbocycles. The fourth-order valence-corrected chi connectivity index (χ4v) is 4.71. The standard InChI is InChI=1S/C29H37N3O5/c1-31(2)20-27-21-32(15-18-36-27)19-25-7-5-23(6-8-25)3-4-24-9-11-26(12-10-24)37-22-29(28(33)30-34)13-16-35-17-14-29/h5-12,27,34H,13-22H2,1-2H3,(H,30,33). The summed E-state index contributed by atoms with van der Waals surface area (Å²) in [5.41, 5.74) is 4.12. The van der Waals surface area contributed by atoms with Gasteiger partial charge in [0.2, 0.25) is 0 Å². The van der Waals surface area contributed by atoms with Gasteiger partial charge in [0.25, 0.3) is 5.91 Å². The summed E-state index contributed by atoms with van der Waals surface area (Å²) in [7, 11) is 4.16. The SMILES string of the molecule is CN(C)CC1CN(Cc2ccc(C#Cc3ccc(OCC4(C(=O)NO)CCOCC4)cc3)cc2)CCO1. The Bertz CT molecular complexity index is 1070. The Kier molecular flexibility index (Phi) is 9.56. The molecule has 8 heteroatoms. The number of amides is 1. The van der Waals surface area contributed by atoms with Crippen molar-refractivity contribution in [3.05, 3.63) is 65.2 Å². The van der Waals surface area contributed by atoms with Gasteiger partial charge >= 0.3 is 0 Å². The monoisotopic (exact) mass is 507 g/mol. The summed E-state index contributed by atoms with van der Waals surface area (Å²) < 4.78 is 17.1. The van der Waals surface area contributed by atoms with Crippen LogP contribution >= 0.6 is 0 Å². The molecule has 0 saturated carbocycles. The molecule has 0 aromatic heterocycles. The maximum absolute atomic E-state index is 12.2. The second kappa shape index (κ2) is 13.0. The molecule has 2 N–H and O–H groups in total. The van der Waals surface area contributed by atoms with Crippen LogP contribution in [0.4, 0.5) is 0 Å². The maximum Gasteiger partial charge on any atom is 0.253 e. The van der Waals surface area contributed by atoms with Crippen molar-refractivity contribution in [1.29, 1.82) is 0 Å². The number of carbonyl (C=O) groups excluding carboxylic acids is 1. The lowest BCUT2D eigenvalue weighted by atomic mass is 9.80. The number of ether oxygens (including phenoxy) is 3. The maximum atomic E-state index is 12.2. The molecular formula is C29H37N3O5. The molecule has 1 amide bonds. The molecule has 0 radical (unpaired) electrons. The van der Waals surface area contributed by atoms with Gasteiger partial charge in [-0.25, -0.2) is 5.48 Å². The first-order valence-corrected chi connectivity index (χ1v) is 12.8. The van der Waals surface area contributed by atoms with E-state index in [2.05, 4.69) is 60.0 Å². The Labute approximate surface area is 219 Å². The first-order chi connectivity index (χ1) is 18.0. The van der Waals surface area contributed by atoms with Crippen molar-refractivity contribution in [2.45, 2.75) is 25.5 Å². The Hall–Kier alpha value is -2.93. The molecule has 0 spiro atoms. The van der Waals surface area contributed by atoms with Gasteiger partial charge in [0.1, 0.15) is 12.4 Å². The van der Waals surface area contributed by atoms with E-state index in [1.165, 1.54) is 5.56 Å². The minimum Gasteiger partial charge on any atom is -0.492 e. The molecule has 1 atom stereocenters. The van der Waals surface area contributed by atoms with Gasteiger partial charge in [0, 0.05) is 50.5 Å². The first kappa shape index (κ1) is 27.1. The number of nitrogens with one attached hydrogen (secondary N) is 1. The molecule has 2 saturated heterocycles. The van der Waals surface area contributed by atoms with Crippen LogP contribution in [-0.2, 0) is 20.8 Å². The molecule has 8 nitrogen and oxygen atoms in total. The summed E-state index contributed by atoms with van der Waals surface area (Å²) in [4.78, 5) is 16.8. The van der Waals surface area contributed by atoms with Crippen molar-refractivity contribution in [2.75, 3.05) is 60.2 Å². The second-order valence-electron chi connectivity index (χ2n) is 10.1. The van der Waals surface area contributed by atoms with Crippen LogP contribution in [0.3, 0.4) is 0 Å². The quantitative estimate of drug-likeness (QED) is 0.323. The zero-order valence-electron chi connectivity index (χ0n) is 21.7. The van der Waals surface area contributed by atoms with Gasteiger partial charge in [-0.1, -0.05) is 24.0 Å². The number of hydroxylamine groups is 1. The molecular weight excluding hydrogens is 470 g/mol. The number of hydrogen-bond acceptors (Lipinski definition) is 7. The van der Waals surface area contributed by atoms with Crippen molar-refractivity contribution in [3.63, 3.8) is 0 Å². The smallest absolute Gasteiger partial charge is 0.253 e. The van der Waals surface area contributed by atoms with Crippen LogP contribution in [-0.4, -0.2) is 87.2 Å². The summed E-state index contributed by atoms with van der Waals surface area (Å²) in [5, 5.41) is 9.14. The molecule has 1 unspecified atom stereocenters. The highest BCUT2D eigenvalue weighted by atomic mass is 16.5. The van der Waals surface area contributed by atoms with Crippen LogP contribution in [0.25, 0.3) is 0 Å². The van der Waals surface area contributed by atoms with Crippen molar-refractivity contribution in [1.82, 2.24) is 15.3 Å². The van der Waals surface area contributed by atoms with Crippen LogP contribution in [0.2, 0.25) is 0 Å². The predicted octanol–water partition coefficient (Wildman–Crippen LogP) is 2.53. The third-order valence-corrected chi connectivity index (χ3v) is 6.91. The Morgan fingerprint density at radius 1 is 1.08 bits per heavy atom. The average molecular weight is 508 g/mol. The number of carbonyl (C=O) groups is 1. The zero-order chi connectivity index (χ0) is 26.1. The highest BCUT2D eigenvalue weighted by Gasteiger charge is 2.41. The van der Waals surface area contributed by atoms with Crippen molar-refractivity contribution < 1.29 is 24.2 Å². The summed E-state index contributed by atoms with van der Waals surface area (Å²) in [6.07, 6.45) is 1.27. The minimum atomic E-state index is -0.784. The van der Waals surface area contributed by atoms with E-state index in [0.717, 1.165) is 43.9 Å². The van der Waals surface area contributed by atoms with Crippen LogP contribution in [0, 0.1) is 17.3 Å². The summed E-state index contributed by atoms with van der Waals surface area (Å²) in [6.45, 7) is 5.65. The largest absolute Gasteiger partial charge is 0.492 e. The van der Waals surface area contributed by atoms with E-state index < -0.39 is 11.3 Å². The topological polar surface area (TPSA) is 83.5 Å². The number of hydrogen-bond donors (Lipinski definition) is 2. The fraction of sp³-hybridized carbons (Fsp3) is 0.483. The van der Waals surface area contributed by atoms with Gasteiger partial charge in [0.15, 0.2) is 0 Å². The predicted molar refractivity (Wildman–Crippen MR) is 140 cm³/mol. The van der Waals surface area contributed by atoms with E-state index in [9.17, 15) is 4.79 Å². The van der Waals surface area contributed by atoms with Crippen molar-refractivity contribution in [3.8, 4) is 17.6 Å². The molecule has 2 aliphatic heterocycles. The normalized spacial score (nSPS) is 19.6. The zero-order valence-corrected chi connectivity index (χ0v) is 21.7. The van der Waals surface area contributed by atoms with Crippen molar-refractivity contribution >= 4 is 5.91 Å². The van der Waals surface area contributed by atoms with Gasteiger partial charge in [-0.05, 0) is 68.9 Å². The van der Waals surface area contributed by atoms with E-state index in [0.29, 0.717) is 31.8 Å². The van der Waals surface area contributed by atoms with Crippen LogP contribution < -0.4 is 10.2 Å². The van der Waals surface area contributed by atoms with Crippen LogP contribution in [0.15, 0.2) is 48.5 Å². The van der Waals surface area contributed by atoms with E-state index in [-0.39, 0.29) is 12.7 Å². The fourth-order valence-electron chi connectivity index (χ4n) is 4.71. The molecule has 0 bridgehead atoms. The Morgan fingerprint density at radius 3 is 2.35 bits per heavy atom. The van der Waals surface area contributed by atoms with E-state index >= 15 is 0 Å². The van der Waals surface area contributed by atoms with Crippen LogP contribution in [0.1, 0.15) is 29.5 Å². The summed E-state index contributed by atoms with van der Waals surface area (Å²) in [5.74, 6) is 6.66. The summed E-state index contributed by atoms with van der Waals surface area (Å²) in [6, 6.07) is 15.9. The second-order valence-corrected chi connectivity index (χ2v) is 10.1. The van der Waals surface area contributed by atoms with Gasteiger partial charge in [0.05, 0.1) is 18.1 Å². The molecule has 4 rings (SSSR count). The number of rotatable bonds is 8. The lowest BCUT2D eigenvalue weighted by molar-refractivity contribution is -0.148. The molecule has 198 valence electrons. The number of morpholine rings is 1. The molecule has 2 aliphatic rings. The molecule has 0 aliphatic carbocycles. The third-order valence-electron chi connectivity index (χ3n) is 6.91.